The molecule has 0 bridgehead atoms. The molecule has 1 unspecified atom stereocenters. The number of rotatable bonds is 10. The van der Waals surface area contributed by atoms with E-state index in [0.29, 0.717) is 6.04 Å². The highest BCUT2D eigenvalue weighted by molar-refractivity contribution is 5.40. The van der Waals surface area contributed by atoms with Gasteiger partial charge < -0.3 is 10.1 Å². The Morgan fingerprint density at radius 2 is 1.95 bits per heavy atom. The number of unbranched alkanes of at least 4 members (excludes halogenated alkanes) is 4. The predicted octanol–water partition coefficient (Wildman–Crippen LogP) is 5.02. The highest BCUT2D eigenvalue weighted by Gasteiger charge is 2.16. The Labute approximate surface area is 130 Å². The zero-order valence-corrected chi connectivity index (χ0v) is 13.8. The molecule has 2 rings (SSSR count). The van der Waals surface area contributed by atoms with Crippen LogP contribution in [0.2, 0.25) is 0 Å². The fourth-order valence-electron chi connectivity index (χ4n) is 3.08. The molecule has 1 atom stereocenters. The van der Waals surface area contributed by atoms with Crippen LogP contribution in [-0.2, 0) is 6.42 Å². The van der Waals surface area contributed by atoms with Crippen molar-refractivity contribution in [1.29, 1.82) is 0 Å². The van der Waals surface area contributed by atoms with Crippen molar-refractivity contribution in [3.63, 3.8) is 0 Å². The molecule has 1 aromatic rings. The smallest absolute Gasteiger partial charge is 0.122 e. The molecule has 21 heavy (non-hydrogen) atoms. The van der Waals surface area contributed by atoms with Gasteiger partial charge in [0.15, 0.2) is 0 Å². The highest BCUT2D eigenvalue weighted by atomic mass is 16.5. The van der Waals surface area contributed by atoms with Gasteiger partial charge in [0, 0.05) is 12.5 Å². The minimum atomic E-state index is 0.512. The molecule has 0 spiro atoms. The van der Waals surface area contributed by atoms with Crippen molar-refractivity contribution in [2.24, 2.45) is 0 Å². The van der Waals surface area contributed by atoms with Crippen LogP contribution in [0.25, 0.3) is 0 Å². The van der Waals surface area contributed by atoms with Crippen molar-refractivity contribution in [2.45, 2.75) is 71.3 Å². The molecule has 1 aromatic carbocycles. The average molecular weight is 289 g/mol. The summed E-state index contributed by atoms with van der Waals surface area (Å²) < 4.78 is 5.62. The summed E-state index contributed by atoms with van der Waals surface area (Å²) in [4.78, 5) is 0. The Hall–Kier alpha value is -1.02. The van der Waals surface area contributed by atoms with E-state index < -0.39 is 0 Å². The monoisotopic (exact) mass is 289 g/mol. The third-order valence-corrected chi connectivity index (χ3v) is 4.35. The van der Waals surface area contributed by atoms with Crippen LogP contribution in [0, 0.1) is 0 Å². The molecule has 1 aliphatic rings. The van der Waals surface area contributed by atoms with Gasteiger partial charge in [0.05, 0.1) is 6.61 Å². The molecule has 1 aliphatic heterocycles. The maximum Gasteiger partial charge on any atom is 0.122 e. The Balaban J connectivity index is 1.91. The summed E-state index contributed by atoms with van der Waals surface area (Å²) in [6, 6.07) is 7.29. The summed E-state index contributed by atoms with van der Waals surface area (Å²) in [6.45, 7) is 6.47. The van der Waals surface area contributed by atoms with Crippen molar-refractivity contribution < 1.29 is 4.74 Å². The summed E-state index contributed by atoms with van der Waals surface area (Å²) in [5, 5.41) is 3.73. The molecule has 0 fully saturated rings. The Bertz CT molecular complexity index is 416. The van der Waals surface area contributed by atoms with Crippen LogP contribution in [0.1, 0.15) is 76.0 Å². The summed E-state index contributed by atoms with van der Waals surface area (Å²) >= 11 is 0. The minimum absolute atomic E-state index is 0.512. The first-order valence-electron chi connectivity index (χ1n) is 8.84. The number of benzene rings is 1. The van der Waals surface area contributed by atoms with Crippen molar-refractivity contribution >= 4 is 0 Å². The fraction of sp³-hybridized carbons (Fsp3) is 0.684. The first kappa shape index (κ1) is 16.4. The van der Waals surface area contributed by atoms with Crippen LogP contribution in [0.5, 0.6) is 5.75 Å². The number of fused-ring (bicyclic) bond motifs is 1. The topological polar surface area (TPSA) is 21.3 Å². The van der Waals surface area contributed by atoms with E-state index in [2.05, 4.69) is 37.4 Å². The van der Waals surface area contributed by atoms with Gasteiger partial charge >= 0.3 is 0 Å². The lowest BCUT2D eigenvalue weighted by Gasteiger charge is -2.20. The van der Waals surface area contributed by atoms with Gasteiger partial charge in [0.25, 0.3) is 0 Å². The molecular weight excluding hydrogens is 258 g/mol. The largest absolute Gasteiger partial charge is 0.493 e. The van der Waals surface area contributed by atoms with Gasteiger partial charge in [0.2, 0.25) is 0 Å². The standard InChI is InChI=1S/C19H31NO/c1-3-5-6-7-8-9-18(20-13-4-2)16-10-11-19-17(15-16)12-14-21-19/h10-11,15,18,20H,3-9,12-14H2,1-2H3. The zero-order chi connectivity index (χ0) is 14.9. The molecule has 0 radical (unpaired) electrons. The van der Waals surface area contributed by atoms with Crippen molar-refractivity contribution in [2.75, 3.05) is 13.2 Å². The van der Waals surface area contributed by atoms with Crippen LogP contribution in [-0.4, -0.2) is 13.2 Å². The van der Waals surface area contributed by atoms with Gasteiger partial charge in [-0.1, -0.05) is 58.1 Å². The second-order valence-corrected chi connectivity index (χ2v) is 6.18. The quantitative estimate of drug-likeness (QED) is 0.610. The Morgan fingerprint density at radius 3 is 2.76 bits per heavy atom. The van der Waals surface area contributed by atoms with E-state index in [-0.39, 0.29) is 0 Å². The van der Waals surface area contributed by atoms with E-state index in [1.165, 1.54) is 56.1 Å². The third-order valence-electron chi connectivity index (χ3n) is 4.35. The van der Waals surface area contributed by atoms with E-state index in [1.807, 2.05) is 0 Å². The second kappa shape index (κ2) is 9.09. The Kier molecular flexibility index (Phi) is 7.08. The Morgan fingerprint density at radius 1 is 1.10 bits per heavy atom. The van der Waals surface area contributed by atoms with Gasteiger partial charge in [-0.3, -0.25) is 0 Å². The normalized spacial score (nSPS) is 14.8. The number of hydrogen-bond donors (Lipinski definition) is 1. The van der Waals surface area contributed by atoms with Crippen molar-refractivity contribution in [3.8, 4) is 5.75 Å². The van der Waals surface area contributed by atoms with Gasteiger partial charge in [-0.2, -0.15) is 0 Å². The van der Waals surface area contributed by atoms with Gasteiger partial charge in [-0.05, 0) is 36.6 Å². The van der Waals surface area contributed by atoms with Crippen LogP contribution < -0.4 is 10.1 Å². The lowest BCUT2D eigenvalue weighted by molar-refractivity contribution is 0.356. The molecule has 2 nitrogen and oxygen atoms in total. The lowest BCUT2D eigenvalue weighted by Crippen LogP contribution is -2.22. The molecule has 0 aromatic heterocycles. The predicted molar refractivity (Wildman–Crippen MR) is 90.1 cm³/mol. The van der Waals surface area contributed by atoms with Crippen molar-refractivity contribution in [3.05, 3.63) is 29.3 Å². The van der Waals surface area contributed by atoms with Crippen LogP contribution in [0.3, 0.4) is 0 Å². The molecule has 0 saturated carbocycles. The van der Waals surface area contributed by atoms with E-state index >= 15 is 0 Å². The first-order valence-corrected chi connectivity index (χ1v) is 8.84. The molecular formula is C19H31NO. The average Bonchev–Trinajstić information content (AvgIpc) is 2.97. The zero-order valence-electron chi connectivity index (χ0n) is 13.8. The maximum atomic E-state index is 5.62. The molecule has 0 amide bonds. The SMILES string of the molecule is CCCCCCCC(NCCC)c1ccc2c(c1)CCO2. The highest BCUT2D eigenvalue weighted by Crippen LogP contribution is 2.30. The maximum absolute atomic E-state index is 5.62. The van der Waals surface area contributed by atoms with Gasteiger partial charge in [0.1, 0.15) is 5.75 Å². The summed E-state index contributed by atoms with van der Waals surface area (Å²) in [5.74, 6) is 1.09. The summed E-state index contributed by atoms with van der Waals surface area (Å²) in [7, 11) is 0. The number of hydrogen-bond acceptors (Lipinski definition) is 2. The number of ether oxygens (including phenoxy) is 1. The van der Waals surface area contributed by atoms with Crippen molar-refractivity contribution in [1.82, 2.24) is 5.32 Å². The molecule has 118 valence electrons. The fourth-order valence-corrected chi connectivity index (χ4v) is 3.08. The third kappa shape index (κ3) is 5.03. The van der Waals surface area contributed by atoms with E-state index in [9.17, 15) is 0 Å². The minimum Gasteiger partial charge on any atom is -0.493 e. The van der Waals surface area contributed by atoms with Gasteiger partial charge in [-0.15, -0.1) is 0 Å². The van der Waals surface area contributed by atoms with E-state index in [1.54, 1.807) is 0 Å². The lowest BCUT2D eigenvalue weighted by atomic mass is 9.97. The van der Waals surface area contributed by atoms with Crippen LogP contribution >= 0.6 is 0 Å². The first-order chi connectivity index (χ1) is 10.3. The van der Waals surface area contributed by atoms with E-state index in [0.717, 1.165) is 25.3 Å². The molecule has 1 N–H and O–H groups in total. The summed E-state index contributed by atoms with van der Waals surface area (Å²) in [6.07, 6.45) is 10.3. The molecule has 0 saturated heterocycles. The van der Waals surface area contributed by atoms with Crippen LogP contribution in [0.15, 0.2) is 18.2 Å². The van der Waals surface area contributed by atoms with Crippen LogP contribution in [0.4, 0.5) is 0 Å². The van der Waals surface area contributed by atoms with Gasteiger partial charge in [-0.25, -0.2) is 0 Å². The molecule has 0 aliphatic carbocycles. The molecule has 1 heterocycles. The molecule has 2 heteroatoms. The summed E-state index contributed by atoms with van der Waals surface area (Å²) in [5.41, 5.74) is 2.84. The van der Waals surface area contributed by atoms with E-state index in [4.69, 9.17) is 4.74 Å². The second-order valence-electron chi connectivity index (χ2n) is 6.18. The number of nitrogens with one attached hydrogen (secondary N) is 1.